The summed E-state index contributed by atoms with van der Waals surface area (Å²) in [4.78, 5) is 12.7. The van der Waals surface area contributed by atoms with Crippen molar-refractivity contribution in [2.75, 3.05) is 12.3 Å². The molecule has 1 aliphatic heterocycles. The van der Waals surface area contributed by atoms with Crippen LogP contribution in [0.2, 0.25) is 0 Å². The van der Waals surface area contributed by atoms with Gasteiger partial charge in [0.1, 0.15) is 5.75 Å². The molecular weight excluding hydrogens is 309 g/mol. The Bertz CT molecular complexity index is 674. The first-order chi connectivity index (χ1) is 10.6. The number of nitrogen functional groups attached to an aromatic ring is 1. The number of benzene rings is 1. The smallest absolute Gasteiger partial charge is 0.471 e. The van der Waals surface area contributed by atoms with E-state index in [1.54, 1.807) is 12.1 Å². The number of amides is 1. The van der Waals surface area contributed by atoms with Crippen molar-refractivity contribution in [2.24, 2.45) is 5.92 Å². The first-order valence-electron chi connectivity index (χ1n) is 7.55. The first-order valence-corrected chi connectivity index (χ1v) is 7.55. The highest BCUT2D eigenvalue weighted by Gasteiger charge is 2.54. The Morgan fingerprint density at radius 2 is 2.09 bits per heavy atom. The van der Waals surface area contributed by atoms with Gasteiger partial charge in [0.25, 0.3) is 0 Å². The van der Waals surface area contributed by atoms with E-state index in [2.05, 4.69) is 0 Å². The topological polar surface area (TPSA) is 66.6 Å². The largest absolute Gasteiger partial charge is 0.506 e. The number of likely N-dealkylation sites (tertiary alicyclic amines) is 1. The molecule has 2 unspecified atom stereocenters. The van der Waals surface area contributed by atoms with Crippen LogP contribution in [-0.2, 0) is 16.6 Å². The molecule has 1 amide bonds. The highest BCUT2D eigenvalue weighted by molar-refractivity contribution is 5.82. The van der Waals surface area contributed by atoms with Gasteiger partial charge < -0.3 is 15.7 Å². The number of carbonyl (C=O) groups excluding carboxylic acids is 1. The Hall–Kier alpha value is -1.92. The third-order valence-corrected chi connectivity index (χ3v) is 5.65. The molecule has 1 heterocycles. The number of halogens is 3. The number of alkyl halides is 3. The maximum absolute atomic E-state index is 12.8. The van der Waals surface area contributed by atoms with Crippen LogP contribution in [-0.4, -0.2) is 34.7 Å². The first kappa shape index (κ1) is 16.0. The van der Waals surface area contributed by atoms with Crippen LogP contribution in [0.4, 0.5) is 18.9 Å². The summed E-state index contributed by atoms with van der Waals surface area (Å²) in [5, 5.41) is 9.88. The van der Waals surface area contributed by atoms with Gasteiger partial charge in [0.05, 0.1) is 5.69 Å². The number of hydrogen-bond donors (Lipinski definition) is 2. The van der Waals surface area contributed by atoms with Crippen LogP contribution in [0.25, 0.3) is 0 Å². The number of anilines is 1. The molecule has 1 aromatic rings. The molecule has 0 spiro atoms. The van der Waals surface area contributed by atoms with E-state index in [4.69, 9.17) is 5.73 Å². The molecule has 7 heteroatoms. The summed E-state index contributed by atoms with van der Waals surface area (Å²) in [7, 11) is 0. The highest BCUT2D eigenvalue weighted by atomic mass is 19.4. The standard InChI is InChI=1S/C16H19F3N2O2/c1-8-12-6-9-5-11(20)13(22)7-10(9)15(8,2)3-4-21(12)14(23)16(17,18)19/h5,7-8,12,22H,3-4,6,20H2,1-2H3/t8?,12-,15?/m1/s1. The number of fused-ring (bicyclic) bond motifs is 4. The van der Waals surface area contributed by atoms with Crippen LogP contribution < -0.4 is 5.73 Å². The summed E-state index contributed by atoms with van der Waals surface area (Å²) in [6.07, 6.45) is -4.12. The molecule has 1 fully saturated rings. The monoisotopic (exact) mass is 328 g/mol. The highest BCUT2D eigenvalue weighted by Crippen LogP contribution is 2.50. The van der Waals surface area contributed by atoms with Crippen LogP contribution in [0.5, 0.6) is 5.75 Å². The minimum Gasteiger partial charge on any atom is -0.506 e. The van der Waals surface area contributed by atoms with E-state index in [0.29, 0.717) is 12.8 Å². The molecule has 1 aliphatic carbocycles. The molecule has 0 radical (unpaired) electrons. The van der Waals surface area contributed by atoms with Crippen LogP contribution in [0.3, 0.4) is 0 Å². The van der Waals surface area contributed by atoms with Crippen molar-refractivity contribution in [1.82, 2.24) is 4.90 Å². The lowest BCUT2D eigenvalue weighted by Gasteiger charge is -2.54. The van der Waals surface area contributed by atoms with Crippen molar-refractivity contribution in [1.29, 1.82) is 0 Å². The molecule has 1 saturated heterocycles. The number of rotatable bonds is 0. The van der Waals surface area contributed by atoms with E-state index in [0.717, 1.165) is 16.0 Å². The predicted molar refractivity (Wildman–Crippen MR) is 78.9 cm³/mol. The number of phenols is 1. The van der Waals surface area contributed by atoms with Crippen LogP contribution >= 0.6 is 0 Å². The number of nitrogens with zero attached hydrogens (tertiary/aromatic N) is 1. The third-order valence-electron chi connectivity index (χ3n) is 5.65. The average molecular weight is 328 g/mol. The summed E-state index contributed by atoms with van der Waals surface area (Å²) in [5.74, 6) is -1.92. The van der Waals surface area contributed by atoms with E-state index in [1.165, 1.54) is 0 Å². The van der Waals surface area contributed by atoms with Gasteiger partial charge in [0.15, 0.2) is 0 Å². The second kappa shape index (κ2) is 4.79. The molecule has 0 aromatic heterocycles. The van der Waals surface area contributed by atoms with Crippen molar-refractivity contribution in [2.45, 2.75) is 44.3 Å². The van der Waals surface area contributed by atoms with Gasteiger partial charge in [-0.3, -0.25) is 4.79 Å². The van der Waals surface area contributed by atoms with Crippen LogP contribution in [0.1, 0.15) is 31.4 Å². The fourth-order valence-electron chi connectivity index (χ4n) is 4.10. The fraction of sp³-hybridized carbons (Fsp3) is 0.562. The minimum atomic E-state index is -4.86. The second-order valence-electron chi connectivity index (χ2n) is 6.79. The minimum absolute atomic E-state index is 0.00979. The van der Waals surface area contributed by atoms with E-state index < -0.39 is 18.1 Å². The summed E-state index contributed by atoms with van der Waals surface area (Å²) >= 11 is 0. The van der Waals surface area contributed by atoms with Gasteiger partial charge in [-0.2, -0.15) is 13.2 Å². The Kier molecular flexibility index (Phi) is 3.32. The molecule has 4 nitrogen and oxygen atoms in total. The Morgan fingerprint density at radius 3 is 2.70 bits per heavy atom. The molecule has 23 heavy (non-hydrogen) atoms. The van der Waals surface area contributed by atoms with Crippen molar-refractivity contribution in [3.8, 4) is 5.75 Å². The number of phenolic OH excluding ortho intramolecular Hbond substituents is 1. The van der Waals surface area contributed by atoms with Gasteiger partial charge in [-0.15, -0.1) is 0 Å². The van der Waals surface area contributed by atoms with Gasteiger partial charge in [0.2, 0.25) is 0 Å². The molecular formula is C16H19F3N2O2. The third kappa shape index (κ3) is 2.24. The van der Waals surface area contributed by atoms with Crippen molar-refractivity contribution < 1.29 is 23.1 Å². The quantitative estimate of drug-likeness (QED) is 0.568. The lowest BCUT2D eigenvalue weighted by molar-refractivity contribution is -0.192. The molecule has 2 bridgehead atoms. The number of aromatic hydroxyl groups is 1. The lowest BCUT2D eigenvalue weighted by atomic mass is 9.59. The Morgan fingerprint density at radius 1 is 1.43 bits per heavy atom. The number of hydrogen-bond acceptors (Lipinski definition) is 3. The Balaban J connectivity index is 2.06. The molecule has 1 aromatic carbocycles. The van der Waals surface area contributed by atoms with E-state index in [9.17, 15) is 23.1 Å². The summed E-state index contributed by atoms with van der Waals surface area (Å²) in [5.41, 5.74) is 7.28. The molecule has 2 aliphatic rings. The lowest BCUT2D eigenvalue weighted by Crippen LogP contribution is -2.61. The summed E-state index contributed by atoms with van der Waals surface area (Å²) < 4.78 is 38.5. The maximum Gasteiger partial charge on any atom is 0.471 e. The fourth-order valence-corrected chi connectivity index (χ4v) is 4.10. The van der Waals surface area contributed by atoms with Crippen LogP contribution in [0, 0.1) is 5.92 Å². The van der Waals surface area contributed by atoms with Crippen molar-refractivity contribution in [3.63, 3.8) is 0 Å². The predicted octanol–water partition coefficient (Wildman–Crippen LogP) is 2.59. The SMILES string of the molecule is CC1[C@H]2Cc3cc(N)c(O)cc3C1(C)CCN2C(=O)C(F)(F)F. The molecule has 3 atom stereocenters. The number of piperidine rings is 1. The van der Waals surface area contributed by atoms with E-state index in [1.807, 2.05) is 13.8 Å². The second-order valence-corrected chi connectivity index (χ2v) is 6.79. The van der Waals surface area contributed by atoms with Gasteiger partial charge in [-0.1, -0.05) is 13.8 Å². The molecule has 0 saturated carbocycles. The van der Waals surface area contributed by atoms with Crippen molar-refractivity contribution in [3.05, 3.63) is 23.3 Å². The van der Waals surface area contributed by atoms with Gasteiger partial charge in [-0.05, 0) is 47.4 Å². The maximum atomic E-state index is 12.8. The normalized spacial score (nSPS) is 30.0. The van der Waals surface area contributed by atoms with E-state index >= 15 is 0 Å². The zero-order chi connectivity index (χ0) is 17.2. The van der Waals surface area contributed by atoms with Gasteiger partial charge in [0, 0.05) is 12.6 Å². The zero-order valence-electron chi connectivity index (χ0n) is 12.9. The van der Waals surface area contributed by atoms with E-state index in [-0.39, 0.29) is 29.3 Å². The zero-order valence-corrected chi connectivity index (χ0v) is 12.9. The Labute approximate surface area is 132 Å². The van der Waals surface area contributed by atoms with Gasteiger partial charge >= 0.3 is 12.1 Å². The molecule has 3 rings (SSSR count). The summed E-state index contributed by atoms with van der Waals surface area (Å²) in [6.45, 7) is 3.92. The van der Waals surface area contributed by atoms with Crippen LogP contribution in [0.15, 0.2) is 12.1 Å². The van der Waals surface area contributed by atoms with Gasteiger partial charge in [-0.25, -0.2) is 0 Å². The number of carbonyl (C=O) groups is 1. The molecule has 126 valence electrons. The molecule has 3 N–H and O–H groups in total. The van der Waals surface area contributed by atoms with Crippen molar-refractivity contribution >= 4 is 11.6 Å². The number of nitrogens with two attached hydrogens (primary N) is 1. The summed E-state index contributed by atoms with van der Waals surface area (Å²) in [6, 6.07) is 2.72. The average Bonchev–Trinajstić information content (AvgIpc) is 2.44.